The molecule has 11 nitrogen and oxygen atoms in total. The van der Waals surface area contributed by atoms with Gasteiger partial charge >= 0.3 is 5.97 Å². The number of aliphatic hydroxyl groups excluding tert-OH is 4. The average molecular weight is 636 g/mol. The molecule has 0 amide bonds. The van der Waals surface area contributed by atoms with Crippen LogP contribution in [-0.2, 0) is 14.2 Å². The Morgan fingerprint density at radius 3 is 1.71 bits per heavy atom. The summed E-state index contributed by atoms with van der Waals surface area (Å²) in [6.07, 6.45) is 17.7. The van der Waals surface area contributed by atoms with Crippen molar-refractivity contribution in [2.45, 2.75) is 115 Å². The van der Waals surface area contributed by atoms with E-state index in [0.29, 0.717) is 17.9 Å². The molecule has 1 heterocycles. The highest BCUT2D eigenvalue weighted by Crippen LogP contribution is 2.20. The zero-order valence-electron chi connectivity index (χ0n) is 27.2. The summed E-state index contributed by atoms with van der Waals surface area (Å²) in [5.74, 6) is -0.343. The lowest BCUT2D eigenvalue weighted by Crippen LogP contribution is -2.28. The van der Waals surface area contributed by atoms with Crippen molar-refractivity contribution in [2.75, 3.05) is 46.2 Å². The molecule has 0 aliphatic heterocycles. The fraction of sp³-hybridized carbons (Fsp3) is 0.735. The molecule has 0 radical (unpaired) electrons. The van der Waals surface area contributed by atoms with Gasteiger partial charge in [-0.15, -0.1) is 5.10 Å². The van der Waals surface area contributed by atoms with Crippen LogP contribution in [0.4, 0.5) is 0 Å². The molecule has 256 valence electrons. The van der Waals surface area contributed by atoms with Gasteiger partial charge < -0.3 is 34.6 Å². The minimum Gasteiger partial charge on any atom is -0.462 e. The van der Waals surface area contributed by atoms with Crippen LogP contribution in [-0.4, -0.2) is 99.8 Å². The van der Waals surface area contributed by atoms with E-state index in [1.54, 1.807) is 35.1 Å². The van der Waals surface area contributed by atoms with Crippen molar-refractivity contribution in [2.24, 2.45) is 0 Å². The third-order valence-corrected chi connectivity index (χ3v) is 7.69. The van der Waals surface area contributed by atoms with E-state index in [4.69, 9.17) is 24.4 Å². The highest BCUT2D eigenvalue weighted by Gasteiger charge is 2.17. The van der Waals surface area contributed by atoms with Crippen LogP contribution in [0.2, 0.25) is 0 Å². The second kappa shape index (κ2) is 24.8. The fourth-order valence-corrected chi connectivity index (χ4v) is 4.90. The van der Waals surface area contributed by atoms with Crippen molar-refractivity contribution in [3.8, 4) is 11.3 Å². The number of benzene rings is 1. The second-order valence-electron chi connectivity index (χ2n) is 11.8. The zero-order valence-corrected chi connectivity index (χ0v) is 27.2. The molecule has 1 aromatic heterocycles. The van der Waals surface area contributed by atoms with Gasteiger partial charge in [-0.1, -0.05) is 108 Å². The second-order valence-corrected chi connectivity index (χ2v) is 11.8. The van der Waals surface area contributed by atoms with Crippen LogP contribution >= 0.6 is 0 Å². The molecule has 4 N–H and O–H groups in total. The van der Waals surface area contributed by atoms with E-state index in [0.717, 1.165) is 18.4 Å². The van der Waals surface area contributed by atoms with Crippen molar-refractivity contribution in [1.82, 2.24) is 15.0 Å². The van der Waals surface area contributed by atoms with E-state index < -0.39 is 31.5 Å². The van der Waals surface area contributed by atoms with E-state index in [2.05, 4.69) is 17.2 Å². The smallest absolute Gasteiger partial charge is 0.338 e. The summed E-state index contributed by atoms with van der Waals surface area (Å²) in [6, 6.07) is 6.55. The molecule has 0 fully saturated rings. The van der Waals surface area contributed by atoms with E-state index in [1.807, 2.05) is 0 Å². The summed E-state index contributed by atoms with van der Waals surface area (Å²) in [7, 11) is 0. The molecule has 2 atom stereocenters. The van der Waals surface area contributed by atoms with Crippen molar-refractivity contribution >= 4 is 5.97 Å². The summed E-state index contributed by atoms with van der Waals surface area (Å²) in [5.41, 5.74) is 1.81. The molecule has 0 aliphatic carbocycles. The van der Waals surface area contributed by atoms with Gasteiger partial charge in [0.05, 0.1) is 58.0 Å². The number of aromatic nitrogens is 3. The summed E-state index contributed by atoms with van der Waals surface area (Å²) in [5, 5.41) is 45.5. The van der Waals surface area contributed by atoms with Gasteiger partial charge in [-0.25, -0.2) is 9.48 Å². The molecule has 0 bridgehead atoms. The number of carbonyl (C=O) groups excluding carboxylic acids is 1. The summed E-state index contributed by atoms with van der Waals surface area (Å²) < 4.78 is 18.0. The molecule has 0 spiro atoms. The molecular weight excluding hydrogens is 578 g/mol. The molecule has 45 heavy (non-hydrogen) atoms. The molecule has 2 rings (SSSR count). The van der Waals surface area contributed by atoms with Gasteiger partial charge in [0.25, 0.3) is 0 Å². The summed E-state index contributed by atoms with van der Waals surface area (Å²) >= 11 is 0. The van der Waals surface area contributed by atoms with Crippen LogP contribution in [0.15, 0.2) is 30.5 Å². The minimum absolute atomic E-state index is 0.0647. The predicted molar refractivity (Wildman–Crippen MR) is 173 cm³/mol. The van der Waals surface area contributed by atoms with Crippen LogP contribution in [0.1, 0.15) is 113 Å². The van der Waals surface area contributed by atoms with Gasteiger partial charge in [0.15, 0.2) is 0 Å². The summed E-state index contributed by atoms with van der Waals surface area (Å²) in [4.78, 5) is 12.5. The predicted octanol–water partition coefficient (Wildman–Crippen LogP) is 4.86. The molecule has 0 aliphatic rings. The Labute approximate surface area is 268 Å². The number of hydrogen-bond acceptors (Lipinski definition) is 10. The van der Waals surface area contributed by atoms with Crippen LogP contribution in [0.5, 0.6) is 0 Å². The average Bonchev–Trinajstić information content (AvgIpc) is 3.55. The highest BCUT2D eigenvalue weighted by molar-refractivity contribution is 5.89. The number of rotatable bonds is 28. The van der Waals surface area contributed by atoms with Gasteiger partial charge in [0, 0.05) is 5.56 Å². The number of ether oxygens (including phenoxy) is 3. The molecule has 2 unspecified atom stereocenters. The lowest BCUT2D eigenvalue weighted by Gasteiger charge is -2.19. The Balaban J connectivity index is 1.68. The molecule has 0 saturated heterocycles. The molecular formula is C34H57N3O8. The van der Waals surface area contributed by atoms with Crippen molar-refractivity contribution in [3.63, 3.8) is 0 Å². The number of hydrogen-bond donors (Lipinski definition) is 4. The SMILES string of the molecule is CCCCCCCCCCCCCCCCOC(=O)c1ccc(-c2cn(C(COCC(O)CO)COCC(O)CO)nn2)cc1. The van der Waals surface area contributed by atoms with Crippen LogP contribution in [0.25, 0.3) is 11.3 Å². The van der Waals surface area contributed by atoms with Gasteiger partial charge in [-0.05, 0) is 18.6 Å². The first-order valence-corrected chi connectivity index (χ1v) is 16.9. The molecule has 1 aromatic carbocycles. The van der Waals surface area contributed by atoms with Gasteiger partial charge in [0.1, 0.15) is 23.9 Å². The van der Waals surface area contributed by atoms with E-state index in [1.165, 1.54) is 77.0 Å². The third-order valence-electron chi connectivity index (χ3n) is 7.69. The zero-order chi connectivity index (χ0) is 32.5. The maximum Gasteiger partial charge on any atom is 0.338 e. The van der Waals surface area contributed by atoms with Crippen molar-refractivity contribution < 1.29 is 39.4 Å². The third kappa shape index (κ3) is 17.2. The Morgan fingerprint density at radius 1 is 0.733 bits per heavy atom. The maximum atomic E-state index is 12.5. The molecule has 0 saturated carbocycles. The monoisotopic (exact) mass is 635 g/mol. The maximum absolute atomic E-state index is 12.5. The lowest BCUT2D eigenvalue weighted by molar-refractivity contribution is -0.0339. The lowest BCUT2D eigenvalue weighted by atomic mass is 10.0. The van der Waals surface area contributed by atoms with Crippen molar-refractivity contribution in [3.05, 3.63) is 36.0 Å². The van der Waals surface area contributed by atoms with E-state index >= 15 is 0 Å². The normalized spacial score (nSPS) is 13.5. The van der Waals surface area contributed by atoms with Crippen LogP contribution in [0, 0.1) is 0 Å². The number of unbranched alkanes of at least 4 members (excludes halogenated alkanes) is 13. The summed E-state index contributed by atoms with van der Waals surface area (Å²) in [6.45, 7) is 1.94. The minimum atomic E-state index is -1.00. The van der Waals surface area contributed by atoms with Crippen LogP contribution in [0.3, 0.4) is 0 Å². The fourth-order valence-electron chi connectivity index (χ4n) is 4.90. The number of nitrogens with zero attached hydrogens (tertiary/aromatic N) is 3. The van der Waals surface area contributed by atoms with Crippen molar-refractivity contribution in [1.29, 1.82) is 0 Å². The largest absolute Gasteiger partial charge is 0.462 e. The standard InChI is InChI=1S/C34H57N3O8/c1-2-3-4-5-6-7-8-9-10-11-12-13-14-15-20-45-34(42)29-18-16-28(17-19-29)33-21-37(36-35-33)30(24-43-26-31(40)22-38)25-44-27-32(41)23-39/h16-19,21,30-32,38-41H,2-15,20,22-27H2,1H3. The Morgan fingerprint density at radius 2 is 1.22 bits per heavy atom. The Hall–Kier alpha value is -2.41. The number of aliphatic hydroxyl groups is 4. The Kier molecular flexibility index (Phi) is 21.3. The first-order chi connectivity index (χ1) is 22.0. The quantitative estimate of drug-likeness (QED) is 0.0752. The van der Waals surface area contributed by atoms with Gasteiger partial charge in [0.2, 0.25) is 0 Å². The molecule has 11 heteroatoms. The first-order valence-electron chi connectivity index (χ1n) is 16.9. The van der Waals surface area contributed by atoms with Gasteiger partial charge in [-0.2, -0.15) is 0 Å². The topological polar surface area (TPSA) is 156 Å². The molecule has 2 aromatic rings. The Bertz CT molecular complexity index is 988. The van der Waals surface area contributed by atoms with Crippen LogP contribution < -0.4 is 0 Å². The van der Waals surface area contributed by atoms with Gasteiger partial charge in [-0.3, -0.25) is 0 Å². The first kappa shape index (κ1) is 38.8. The van der Waals surface area contributed by atoms with E-state index in [9.17, 15) is 15.0 Å². The van der Waals surface area contributed by atoms with E-state index in [-0.39, 0.29) is 32.4 Å². The highest BCUT2D eigenvalue weighted by atomic mass is 16.5. The number of carbonyl (C=O) groups is 1. The number of esters is 1.